The van der Waals surface area contributed by atoms with Gasteiger partial charge in [-0.2, -0.15) is 0 Å². The van der Waals surface area contributed by atoms with Crippen molar-refractivity contribution in [1.82, 2.24) is 14.5 Å². The third kappa shape index (κ3) is 2.71. The van der Waals surface area contributed by atoms with Crippen molar-refractivity contribution in [1.29, 1.82) is 0 Å². The van der Waals surface area contributed by atoms with Crippen molar-refractivity contribution in [3.8, 4) is 0 Å². The SMILES string of the molecule is O=C(O)c1cccc(NC(=O)N2CCn3ccnc3C2)c1. The Labute approximate surface area is 120 Å². The lowest BCUT2D eigenvalue weighted by molar-refractivity contribution is 0.0697. The fourth-order valence-electron chi connectivity index (χ4n) is 2.28. The number of anilines is 1. The van der Waals surface area contributed by atoms with Crippen molar-refractivity contribution in [2.24, 2.45) is 0 Å². The highest BCUT2D eigenvalue weighted by molar-refractivity contribution is 5.93. The summed E-state index contributed by atoms with van der Waals surface area (Å²) < 4.78 is 2.01. The zero-order valence-corrected chi connectivity index (χ0v) is 11.2. The number of hydrogen-bond acceptors (Lipinski definition) is 3. The number of nitrogens with one attached hydrogen (secondary N) is 1. The second-order valence-corrected chi connectivity index (χ2v) is 4.77. The predicted molar refractivity (Wildman–Crippen MR) is 75.1 cm³/mol. The van der Waals surface area contributed by atoms with Crippen LogP contribution in [0.4, 0.5) is 10.5 Å². The van der Waals surface area contributed by atoms with Crippen LogP contribution >= 0.6 is 0 Å². The van der Waals surface area contributed by atoms with Gasteiger partial charge in [0.2, 0.25) is 0 Å². The molecule has 2 amide bonds. The van der Waals surface area contributed by atoms with Gasteiger partial charge in [-0.25, -0.2) is 14.6 Å². The van der Waals surface area contributed by atoms with Gasteiger partial charge in [-0.15, -0.1) is 0 Å². The van der Waals surface area contributed by atoms with E-state index in [-0.39, 0.29) is 11.6 Å². The number of imidazole rings is 1. The Balaban J connectivity index is 1.70. The maximum atomic E-state index is 12.2. The van der Waals surface area contributed by atoms with E-state index in [2.05, 4.69) is 10.3 Å². The number of fused-ring (bicyclic) bond motifs is 1. The number of carbonyl (C=O) groups excluding carboxylic acids is 1. The third-order valence-electron chi connectivity index (χ3n) is 3.39. The van der Waals surface area contributed by atoms with Gasteiger partial charge in [0.05, 0.1) is 12.1 Å². The first-order chi connectivity index (χ1) is 10.1. The van der Waals surface area contributed by atoms with Gasteiger partial charge in [-0.3, -0.25) is 0 Å². The van der Waals surface area contributed by atoms with Crippen LogP contribution in [0.1, 0.15) is 16.2 Å². The first kappa shape index (κ1) is 13.2. The molecule has 0 atom stereocenters. The molecule has 0 saturated heterocycles. The average molecular weight is 286 g/mol. The molecule has 2 heterocycles. The summed E-state index contributed by atoms with van der Waals surface area (Å²) in [6, 6.07) is 5.92. The van der Waals surface area contributed by atoms with Crippen LogP contribution in [-0.2, 0) is 13.1 Å². The summed E-state index contributed by atoms with van der Waals surface area (Å²) in [5.74, 6) is -0.179. The Kier molecular flexibility index (Phi) is 3.31. The van der Waals surface area contributed by atoms with Crippen molar-refractivity contribution in [2.45, 2.75) is 13.1 Å². The van der Waals surface area contributed by atoms with E-state index in [0.717, 1.165) is 5.82 Å². The minimum Gasteiger partial charge on any atom is -0.478 e. The van der Waals surface area contributed by atoms with E-state index in [1.54, 1.807) is 23.2 Å². The van der Waals surface area contributed by atoms with Crippen LogP contribution in [0.5, 0.6) is 0 Å². The fourth-order valence-corrected chi connectivity index (χ4v) is 2.28. The monoisotopic (exact) mass is 286 g/mol. The Morgan fingerprint density at radius 3 is 2.95 bits per heavy atom. The van der Waals surface area contributed by atoms with Gasteiger partial charge in [-0.1, -0.05) is 6.07 Å². The van der Waals surface area contributed by atoms with Crippen molar-refractivity contribution in [2.75, 3.05) is 11.9 Å². The number of urea groups is 1. The second kappa shape index (κ2) is 5.28. The topological polar surface area (TPSA) is 87.5 Å². The summed E-state index contributed by atoms with van der Waals surface area (Å²) in [6.45, 7) is 1.74. The number of amides is 2. The molecule has 0 saturated carbocycles. The molecule has 108 valence electrons. The first-order valence-corrected chi connectivity index (χ1v) is 6.53. The van der Waals surface area contributed by atoms with Gasteiger partial charge in [0.15, 0.2) is 0 Å². The molecule has 1 aliphatic heterocycles. The molecule has 21 heavy (non-hydrogen) atoms. The quantitative estimate of drug-likeness (QED) is 0.878. The Hall–Kier alpha value is -2.83. The lowest BCUT2D eigenvalue weighted by atomic mass is 10.2. The number of carbonyl (C=O) groups is 2. The molecule has 1 aromatic heterocycles. The van der Waals surface area contributed by atoms with Crippen molar-refractivity contribution in [3.63, 3.8) is 0 Å². The largest absolute Gasteiger partial charge is 0.478 e. The van der Waals surface area contributed by atoms with E-state index in [0.29, 0.717) is 25.3 Å². The zero-order chi connectivity index (χ0) is 14.8. The molecule has 2 N–H and O–H groups in total. The highest BCUT2D eigenvalue weighted by Crippen LogP contribution is 2.14. The van der Waals surface area contributed by atoms with Crippen LogP contribution in [0.25, 0.3) is 0 Å². The van der Waals surface area contributed by atoms with E-state index in [4.69, 9.17) is 5.11 Å². The van der Waals surface area contributed by atoms with Crippen LogP contribution < -0.4 is 5.32 Å². The molecule has 0 bridgehead atoms. The summed E-state index contributed by atoms with van der Waals surface area (Å²) in [4.78, 5) is 29.0. The van der Waals surface area contributed by atoms with Crippen LogP contribution in [-0.4, -0.2) is 38.1 Å². The molecule has 1 aliphatic rings. The van der Waals surface area contributed by atoms with Gasteiger partial charge in [-0.05, 0) is 18.2 Å². The maximum Gasteiger partial charge on any atom is 0.335 e. The first-order valence-electron chi connectivity index (χ1n) is 6.53. The number of carboxylic acids is 1. The Morgan fingerprint density at radius 2 is 2.14 bits per heavy atom. The van der Waals surface area contributed by atoms with Crippen LogP contribution in [0, 0.1) is 0 Å². The molecule has 7 nitrogen and oxygen atoms in total. The molecule has 0 radical (unpaired) electrons. The maximum absolute atomic E-state index is 12.2. The fraction of sp³-hybridized carbons (Fsp3) is 0.214. The van der Waals surface area contributed by atoms with Gasteiger partial charge in [0, 0.05) is 31.2 Å². The molecular formula is C14H14N4O3. The highest BCUT2D eigenvalue weighted by atomic mass is 16.4. The van der Waals surface area contributed by atoms with E-state index in [1.807, 2.05) is 10.8 Å². The Morgan fingerprint density at radius 1 is 1.29 bits per heavy atom. The van der Waals surface area contributed by atoms with Crippen molar-refractivity contribution < 1.29 is 14.7 Å². The molecule has 3 rings (SSSR count). The van der Waals surface area contributed by atoms with Gasteiger partial charge < -0.3 is 19.9 Å². The second-order valence-electron chi connectivity index (χ2n) is 4.77. The number of rotatable bonds is 2. The van der Waals surface area contributed by atoms with E-state index < -0.39 is 5.97 Å². The normalized spacial score (nSPS) is 13.6. The average Bonchev–Trinajstić information content (AvgIpc) is 2.94. The molecule has 7 heteroatoms. The summed E-state index contributed by atoms with van der Waals surface area (Å²) >= 11 is 0. The minimum absolute atomic E-state index is 0.141. The lowest BCUT2D eigenvalue weighted by Gasteiger charge is -2.27. The highest BCUT2D eigenvalue weighted by Gasteiger charge is 2.21. The smallest absolute Gasteiger partial charge is 0.335 e. The van der Waals surface area contributed by atoms with Gasteiger partial charge in [0.25, 0.3) is 0 Å². The third-order valence-corrected chi connectivity index (χ3v) is 3.39. The minimum atomic E-state index is -1.02. The summed E-state index contributed by atoms with van der Waals surface area (Å²) in [5, 5.41) is 11.7. The van der Waals surface area contributed by atoms with E-state index in [1.165, 1.54) is 12.1 Å². The standard InChI is InChI=1S/C14H14N4O3/c19-13(20)10-2-1-3-11(8-10)16-14(21)18-7-6-17-5-4-15-12(17)9-18/h1-5,8H,6-7,9H2,(H,16,21)(H,19,20). The van der Waals surface area contributed by atoms with Gasteiger partial charge in [0.1, 0.15) is 5.82 Å². The van der Waals surface area contributed by atoms with Crippen LogP contribution in [0.3, 0.4) is 0 Å². The molecule has 1 aromatic carbocycles. The number of aromatic nitrogens is 2. The van der Waals surface area contributed by atoms with Crippen LogP contribution in [0.2, 0.25) is 0 Å². The molecular weight excluding hydrogens is 272 g/mol. The molecule has 2 aromatic rings. The molecule has 0 spiro atoms. The number of aromatic carboxylic acids is 1. The summed E-state index contributed by atoms with van der Waals surface area (Å²) in [6.07, 6.45) is 3.61. The Bertz CT molecular complexity index is 695. The van der Waals surface area contributed by atoms with Gasteiger partial charge >= 0.3 is 12.0 Å². The molecule has 0 aliphatic carbocycles. The van der Waals surface area contributed by atoms with E-state index in [9.17, 15) is 9.59 Å². The van der Waals surface area contributed by atoms with Crippen molar-refractivity contribution >= 4 is 17.7 Å². The number of benzene rings is 1. The van der Waals surface area contributed by atoms with E-state index >= 15 is 0 Å². The number of nitrogens with zero attached hydrogens (tertiary/aromatic N) is 3. The number of hydrogen-bond donors (Lipinski definition) is 2. The molecule has 0 fully saturated rings. The molecule has 0 unspecified atom stereocenters. The summed E-state index contributed by atoms with van der Waals surface area (Å²) in [5.41, 5.74) is 0.607. The number of carboxylic acid groups (broad SMARTS) is 1. The van der Waals surface area contributed by atoms with Crippen molar-refractivity contribution in [3.05, 3.63) is 48.0 Å². The predicted octanol–water partition coefficient (Wildman–Crippen LogP) is 1.63. The lowest BCUT2D eigenvalue weighted by Crippen LogP contribution is -2.40. The zero-order valence-electron chi connectivity index (χ0n) is 11.2. The summed E-state index contributed by atoms with van der Waals surface area (Å²) in [7, 11) is 0. The van der Waals surface area contributed by atoms with Crippen LogP contribution in [0.15, 0.2) is 36.7 Å².